The standard InChI is InChI=1S/C23H20Cl2N4O3/c1-14-11-21(27-29(14)12-16-7-3-4-8-18(16)24)26-23(30)22-17(15(2)32-28-22)13-31-20-10-6-5-9-19(20)25/h3-11H,12-13H2,1-2H3,(H,26,27,30). The third-order valence-electron chi connectivity index (χ3n) is 4.91. The highest BCUT2D eigenvalue weighted by atomic mass is 35.5. The van der Waals surface area contributed by atoms with E-state index in [4.69, 9.17) is 32.5 Å². The minimum atomic E-state index is -0.443. The lowest BCUT2D eigenvalue weighted by molar-refractivity contribution is 0.101. The molecule has 0 saturated carbocycles. The zero-order valence-electron chi connectivity index (χ0n) is 17.4. The van der Waals surface area contributed by atoms with Gasteiger partial charge in [-0.05, 0) is 37.6 Å². The highest BCUT2D eigenvalue weighted by molar-refractivity contribution is 6.32. The van der Waals surface area contributed by atoms with Gasteiger partial charge < -0.3 is 14.6 Å². The summed E-state index contributed by atoms with van der Waals surface area (Å²) in [5.41, 5.74) is 2.48. The summed E-state index contributed by atoms with van der Waals surface area (Å²) in [5.74, 6) is 0.956. The molecule has 0 fully saturated rings. The maximum Gasteiger partial charge on any atom is 0.279 e. The molecule has 164 valence electrons. The normalized spacial score (nSPS) is 10.9. The van der Waals surface area contributed by atoms with Gasteiger partial charge in [-0.1, -0.05) is 58.7 Å². The molecule has 0 aliphatic carbocycles. The van der Waals surface area contributed by atoms with E-state index in [1.54, 1.807) is 29.8 Å². The smallest absolute Gasteiger partial charge is 0.279 e. The Morgan fingerprint density at radius 3 is 2.56 bits per heavy atom. The van der Waals surface area contributed by atoms with Gasteiger partial charge in [-0.15, -0.1) is 0 Å². The Balaban J connectivity index is 1.48. The summed E-state index contributed by atoms with van der Waals surface area (Å²) in [6.45, 7) is 4.20. The molecule has 0 atom stereocenters. The van der Waals surface area contributed by atoms with Gasteiger partial charge in [-0.2, -0.15) is 5.10 Å². The van der Waals surface area contributed by atoms with E-state index < -0.39 is 5.91 Å². The van der Waals surface area contributed by atoms with Gasteiger partial charge in [-0.3, -0.25) is 9.48 Å². The number of aromatic nitrogens is 3. The second-order valence-corrected chi connectivity index (χ2v) is 7.97. The molecule has 2 aromatic carbocycles. The number of benzene rings is 2. The van der Waals surface area contributed by atoms with Crippen LogP contribution in [0, 0.1) is 13.8 Å². The lowest BCUT2D eigenvalue weighted by Crippen LogP contribution is -2.16. The monoisotopic (exact) mass is 470 g/mol. The number of hydrogen-bond acceptors (Lipinski definition) is 5. The summed E-state index contributed by atoms with van der Waals surface area (Å²) in [6.07, 6.45) is 0. The van der Waals surface area contributed by atoms with E-state index in [-0.39, 0.29) is 12.3 Å². The lowest BCUT2D eigenvalue weighted by Gasteiger charge is -2.08. The molecule has 2 aromatic heterocycles. The SMILES string of the molecule is Cc1onc(C(=O)Nc2cc(C)n(Cc3ccccc3Cl)n2)c1COc1ccccc1Cl. The number of amides is 1. The maximum atomic E-state index is 12.9. The summed E-state index contributed by atoms with van der Waals surface area (Å²) in [7, 11) is 0. The number of halogens is 2. The first-order chi connectivity index (χ1) is 15.4. The van der Waals surface area contributed by atoms with Crippen LogP contribution in [-0.2, 0) is 13.2 Å². The second-order valence-electron chi connectivity index (χ2n) is 7.16. The first-order valence-electron chi connectivity index (χ1n) is 9.84. The first kappa shape index (κ1) is 21.9. The van der Waals surface area contributed by atoms with Crippen LogP contribution in [0.15, 0.2) is 59.1 Å². The quantitative estimate of drug-likeness (QED) is 0.375. The predicted molar refractivity (Wildman–Crippen MR) is 122 cm³/mol. The third-order valence-corrected chi connectivity index (χ3v) is 5.59. The van der Waals surface area contributed by atoms with Crippen LogP contribution in [0.5, 0.6) is 5.75 Å². The zero-order valence-corrected chi connectivity index (χ0v) is 18.9. The Hall–Kier alpha value is -3.29. The van der Waals surface area contributed by atoms with Crippen molar-refractivity contribution in [2.75, 3.05) is 5.32 Å². The Morgan fingerprint density at radius 1 is 1.09 bits per heavy atom. The van der Waals surface area contributed by atoms with Gasteiger partial charge in [0.2, 0.25) is 0 Å². The molecule has 4 aromatic rings. The fourth-order valence-corrected chi connectivity index (χ4v) is 3.53. The Bertz CT molecular complexity index is 1270. The molecule has 0 saturated heterocycles. The van der Waals surface area contributed by atoms with Gasteiger partial charge in [0.25, 0.3) is 5.91 Å². The molecule has 0 aliphatic heterocycles. The number of nitrogens with zero attached hydrogens (tertiary/aromatic N) is 3. The molecule has 4 rings (SSSR count). The number of nitrogens with one attached hydrogen (secondary N) is 1. The largest absolute Gasteiger partial charge is 0.487 e. The van der Waals surface area contributed by atoms with Crippen molar-refractivity contribution in [2.24, 2.45) is 0 Å². The number of rotatable bonds is 7. The molecule has 32 heavy (non-hydrogen) atoms. The average Bonchev–Trinajstić information content (AvgIpc) is 3.31. The summed E-state index contributed by atoms with van der Waals surface area (Å²) < 4.78 is 12.8. The fraction of sp³-hybridized carbons (Fsp3) is 0.174. The van der Waals surface area contributed by atoms with Gasteiger partial charge in [-0.25, -0.2) is 0 Å². The van der Waals surface area contributed by atoms with Crippen molar-refractivity contribution in [2.45, 2.75) is 27.0 Å². The van der Waals surface area contributed by atoms with Crippen molar-refractivity contribution >= 4 is 34.9 Å². The van der Waals surface area contributed by atoms with Crippen molar-refractivity contribution in [1.29, 1.82) is 0 Å². The van der Waals surface area contributed by atoms with E-state index in [0.717, 1.165) is 11.3 Å². The van der Waals surface area contributed by atoms with Crippen molar-refractivity contribution in [3.63, 3.8) is 0 Å². The molecule has 7 nitrogen and oxygen atoms in total. The van der Waals surface area contributed by atoms with E-state index in [0.29, 0.717) is 39.5 Å². The fourth-order valence-electron chi connectivity index (χ4n) is 3.15. The minimum absolute atomic E-state index is 0.0851. The Morgan fingerprint density at radius 2 is 1.81 bits per heavy atom. The van der Waals surface area contributed by atoms with Crippen LogP contribution in [0.1, 0.15) is 33.1 Å². The van der Waals surface area contributed by atoms with E-state index in [2.05, 4.69) is 15.6 Å². The topological polar surface area (TPSA) is 82.2 Å². The lowest BCUT2D eigenvalue weighted by atomic mass is 10.2. The summed E-state index contributed by atoms with van der Waals surface area (Å²) in [5, 5.41) is 12.3. The van der Waals surface area contributed by atoms with Crippen molar-refractivity contribution in [1.82, 2.24) is 14.9 Å². The van der Waals surface area contributed by atoms with E-state index >= 15 is 0 Å². The van der Waals surface area contributed by atoms with Crippen molar-refractivity contribution in [3.8, 4) is 5.75 Å². The van der Waals surface area contributed by atoms with Gasteiger partial charge >= 0.3 is 0 Å². The second kappa shape index (κ2) is 9.46. The van der Waals surface area contributed by atoms with Crippen LogP contribution >= 0.6 is 23.2 Å². The molecular weight excluding hydrogens is 451 g/mol. The van der Waals surface area contributed by atoms with E-state index in [1.807, 2.05) is 43.3 Å². The minimum Gasteiger partial charge on any atom is -0.487 e. The molecule has 1 N–H and O–H groups in total. The van der Waals surface area contributed by atoms with Crippen LogP contribution in [-0.4, -0.2) is 20.8 Å². The van der Waals surface area contributed by atoms with Crippen molar-refractivity contribution < 1.29 is 14.1 Å². The molecule has 0 bridgehead atoms. The number of carbonyl (C=O) groups excluding carboxylic acids is 1. The van der Waals surface area contributed by atoms with Crippen LogP contribution < -0.4 is 10.1 Å². The summed E-state index contributed by atoms with van der Waals surface area (Å²) in [4.78, 5) is 12.9. The molecular formula is C23H20Cl2N4O3. The number of hydrogen-bond donors (Lipinski definition) is 1. The molecule has 2 heterocycles. The molecule has 0 aliphatic rings. The number of para-hydroxylation sites is 1. The highest BCUT2D eigenvalue weighted by Crippen LogP contribution is 2.26. The summed E-state index contributed by atoms with van der Waals surface area (Å²) in [6, 6.07) is 16.4. The molecule has 9 heteroatoms. The van der Waals surface area contributed by atoms with Crippen LogP contribution in [0.3, 0.4) is 0 Å². The van der Waals surface area contributed by atoms with Gasteiger partial charge in [0, 0.05) is 16.8 Å². The maximum absolute atomic E-state index is 12.9. The number of carbonyl (C=O) groups is 1. The van der Waals surface area contributed by atoms with E-state index in [9.17, 15) is 4.79 Å². The number of ether oxygens (including phenoxy) is 1. The van der Waals surface area contributed by atoms with Crippen molar-refractivity contribution in [3.05, 3.63) is 92.9 Å². The molecule has 0 spiro atoms. The molecule has 1 amide bonds. The average molecular weight is 471 g/mol. The Kier molecular flexibility index (Phi) is 6.48. The van der Waals surface area contributed by atoms with Gasteiger partial charge in [0.1, 0.15) is 18.1 Å². The third kappa shape index (κ3) is 4.79. The highest BCUT2D eigenvalue weighted by Gasteiger charge is 2.22. The predicted octanol–water partition coefficient (Wildman–Crippen LogP) is 5.67. The van der Waals surface area contributed by atoms with Crippen LogP contribution in [0.4, 0.5) is 5.82 Å². The van der Waals surface area contributed by atoms with Gasteiger partial charge in [0.15, 0.2) is 11.5 Å². The number of aryl methyl sites for hydroxylation is 2. The van der Waals surface area contributed by atoms with Crippen LogP contribution in [0.25, 0.3) is 0 Å². The van der Waals surface area contributed by atoms with Crippen LogP contribution in [0.2, 0.25) is 10.0 Å². The number of anilines is 1. The zero-order chi connectivity index (χ0) is 22.7. The molecule has 0 radical (unpaired) electrons. The Labute approximate surface area is 194 Å². The molecule has 0 unspecified atom stereocenters. The first-order valence-corrected chi connectivity index (χ1v) is 10.6. The van der Waals surface area contributed by atoms with E-state index in [1.165, 1.54) is 0 Å². The van der Waals surface area contributed by atoms with Gasteiger partial charge in [0.05, 0.1) is 17.1 Å². The summed E-state index contributed by atoms with van der Waals surface area (Å²) >= 11 is 12.4.